The highest BCUT2D eigenvalue weighted by Crippen LogP contribution is 2.49. The number of carbonyl (C=O) groups excluding carboxylic acids is 1. The Balaban J connectivity index is 1.60. The van der Waals surface area contributed by atoms with Gasteiger partial charge in [-0.05, 0) is 18.5 Å². The SMILES string of the molecule is CN1C[C@H](c2ccccc2)[C@@]2(CCN(Cc3nccn3C)C2)C1=O. The summed E-state index contributed by atoms with van der Waals surface area (Å²) in [5.41, 5.74) is 1.01. The fourth-order valence-corrected chi connectivity index (χ4v) is 4.43. The highest BCUT2D eigenvalue weighted by Gasteiger charge is 2.56. The van der Waals surface area contributed by atoms with Gasteiger partial charge in [0.05, 0.1) is 12.0 Å². The van der Waals surface area contributed by atoms with Crippen LogP contribution in [0.4, 0.5) is 0 Å². The van der Waals surface area contributed by atoms with Gasteiger partial charge in [-0.1, -0.05) is 30.3 Å². The van der Waals surface area contributed by atoms with E-state index >= 15 is 0 Å². The van der Waals surface area contributed by atoms with Gasteiger partial charge in [-0.15, -0.1) is 0 Å². The largest absolute Gasteiger partial charge is 0.345 e. The summed E-state index contributed by atoms with van der Waals surface area (Å²) in [5.74, 6) is 1.64. The number of imidazole rings is 1. The number of likely N-dealkylation sites (N-methyl/N-ethyl adjacent to an activating group) is 1. The molecule has 3 heterocycles. The Bertz CT molecular complexity index is 741. The average molecular weight is 324 g/mol. The molecule has 0 aliphatic carbocycles. The van der Waals surface area contributed by atoms with Crippen LogP contribution in [-0.2, 0) is 18.4 Å². The average Bonchev–Trinajstić information content (AvgIpc) is 3.26. The van der Waals surface area contributed by atoms with Gasteiger partial charge in [-0.25, -0.2) is 4.98 Å². The van der Waals surface area contributed by atoms with Gasteiger partial charge in [0, 0.05) is 45.5 Å². The quantitative estimate of drug-likeness (QED) is 0.865. The second-order valence-corrected chi connectivity index (χ2v) is 7.22. The molecule has 2 fully saturated rings. The first-order chi connectivity index (χ1) is 11.6. The summed E-state index contributed by atoms with van der Waals surface area (Å²) in [5, 5.41) is 0. The van der Waals surface area contributed by atoms with Crippen LogP contribution in [0.3, 0.4) is 0 Å². The van der Waals surface area contributed by atoms with Gasteiger partial charge >= 0.3 is 0 Å². The van der Waals surface area contributed by atoms with Crippen LogP contribution < -0.4 is 0 Å². The number of rotatable bonds is 3. The first kappa shape index (κ1) is 15.4. The maximum absolute atomic E-state index is 13.0. The van der Waals surface area contributed by atoms with E-state index in [0.717, 1.165) is 38.4 Å². The Kier molecular flexibility index (Phi) is 3.68. The van der Waals surface area contributed by atoms with Crippen LogP contribution in [0.5, 0.6) is 0 Å². The molecule has 0 N–H and O–H groups in total. The molecule has 1 aromatic heterocycles. The van der Waals surface area contributed by atoms with Crippen molar-refractivity contribution in [1.82, 2.24) is 19.4 Å². The number of benzene rings is 1. The number of hydrogen-bond donors (Lipinski definition) is 0. The minimum absolute atomic E-state index is 0.277. The first-order valence-corrected chi connectivity index (χ1v) is 8.59. The Morgan fingerprint density at radius 1 is 1.25 bits per heavy atom. The summed E-state index contributed by atoms with van der Waals surface area (Å²) in [6.45, 7) is 3.40. The molecule has 0 bridgehead atoms. The molecule has 2 aliphatic heterocycles. The second-order valence-electron chi connectivity index (χ2n) is 7.22. The van der Waals surface area contributed by atoms with E-state index < -0.39 is 0 Å². The molecule has 5 nitrogen and oxygen atoms in total. The van der Waals surface area contributed by atoms with Crippen LogP contribution >= 0.6 is 0 Å². The summed E-state index contributed by atoms with van der Waals surface area (Å²) in [6, 6.07) is 10.5. The number of aromatic nitrogens is 2. The summed E-state index contributed by atoms with van der Waals surface area (Å²) >= 11 is 0. The van der Waals surface area contributed by atoms with Crippen LogP contribution in [0.25, 0.3) is 0 Å². The fraction of sp³-hybridized carbons (Fsp3) is 0.474. The molecule has 5 heteroatoms. The fourth-order valence-electron chi connectivity index (χ4n) is 4.43. The summed E-state index contributed by atoms with van der Waals surface area (Å²) in [4.78, 5) is 21.7. The lowest BCUT2D eigenvalue weighted by atomic mass is 9.73. The third kappa shape index (κ3) is 2.35. The molecule has 2 aliphatic rings. The molecule has 126 valence electrons. The van der Waals surface area contributed by atoms with Gasteiger partial charge in [0.1, 0.15) is 5.82 Å². The topological polar surface area (TPSA) is 41.4 Å². The minimum Gasteiger partial charge on any atom is -0.345 e. The van der Waals surface area contributed by atoms with Gasteiger partial charge in [0.2, 0.25) is 5.91 Å². The second kappa shape index (κ2) is 5.74. The van der Waals surface area contributed by atoms with E-state index in [1.165, 1.54) is 5.56 Å². The maximum Gasteiger partial charge on any atom is 0.230 e. The van der Waals surface area contributed by atoms with Gasteiger partial charge < -0.3 is 9.47 Å². The highest BCUT2D eigenvalue weighted by atomic mass is 16.2. The lowest BCUT2D eigenvalue weighted by molar-refractivity contribution is -0.134. The minimum atomic E-state index is -0.277. The van der Waals surface area contributed by atoms with Crippen molar-refractivity contribution in [1.29, 1.82) is 0 Å². The van der Waals surface area contributed by atoms with Crippen LogP contribution in [0.2, 0.25) is 0 Å². The van der Waals surface area contributed by atoms with Crippen LogP contribution in [0.15, 0.2) is 42.7 Å². The first-order valence-electron chi connectivity index (χ1n) is 8.59. The van der Waals surface area contributed by atoms with Crippen molar-refractivity contribution in [3.05, 3.63) is 54.1 Å². The van der Waals surface area contributed by atoms with E-state index in [9.17, 15) is 4.79 Å². The van der Waals surface area contributed by atoms with Gasteiger partial charge in [-0.2, -0.15) is 0 Å². The Hall–Kier alpha value is -2.14. The summed E-state index contributed by atoms with van der Waals surface area (Å²) < 4.78 is 2.06. The molecule has 1 spiro atoms. The molecule has 0 unspecified atom stereocenters. The molecule has 0 radical (unpaired) electrons. The zero-order valence-corrected chi connectivity index (χ0v) is 14.4. The van der Waals surface area contributed by atoms with Crippen LogP contribution in [-0.4, -0.2) is 51.9 Å². The van der Waals surface area contributed by atoms with E-state index in [0.29, 0.717) is 5.91 Å². The Morgan fingerprint density at radius 2 is 2.04 bits per heavy atom. The smallest absolute Gasteiger partial charge is 0.230 e. The maximum atomic E-state index is 13.0. The number of hydrogen-bond acceptors (Lipinski definition) is 3. The number of carbonyl (C=O) groups is 1. The number of amides is 1. The standard InChI is InChI=1S/C19H24N4O/c1-21-11-9-20-17(21)13-23-10-8-19(14-23)16(12-22(2)18(19)24)15-6-4-3-5-7-15/h3-7,9,11,16H,8,10,12-14H2,1-2H3/t16-,19+/m1/s1. The molecule has 4 rings (SSSR count). The zero-order chi connectivity index (χ0) is 16.7. The molecule has 2 aromatic rings. The van der Waals surface area contributed by atoms with E-state index in [1.807, 2.05) is 37.5 Å². The highest BCUT2D eigenvalue weighted by molar-refractivity contribution is 5.87. The number of likely N-dealkylation sites (tertiary alicyclic amines) is 2. The van der Waals surface area contributed by atoms with E-state index in [2.05, 4.69) is 38.7 Å². The summed E-state index contributed by atoms with van der Waals surface area (Å²) in [7, 11) is 3.96. The van der Waals surface area contributed by atoms with Crippen molar-refractivity contribution in [3.8, 4) is 0 Å². The number of nitrogens with zero attached hydrogens (tertiary/aromatic N) is 4. The van der Waals surface area contributed by atoms with Crippen LogP contribution in [0.1, 0.15) is 23.7 Å². The molecule has 1 amide bonds. The predicted octanol–water partition coefficient (Wildman–Crippen LogP) is 1.87. The number of aryl methyl sites for hydroxylation is 1. The van der Waals surface area contributed by atoms with Gasteiger partial charge in [0.25, 0.3) is 0 Å². The Labute approximate surface area is 142 Å². The molecular formula is C19H24N4O. The molecule has 1 aromatic carbocycles. The molecule has 0 saturated carbocycles. The molecule has 2 saturated heterocycles. The van der Waals surface area contributed by atoms with E-state index in [4.69, 9.17) is 0 Å². The summed E-state index contributed by atoms with van der Waals surface area (Å²) in [6.07, 6.45) is 4.74. The van der Waals surface area contributed by atoms with Crippen LogP contribution in [0, 0.1) is 5.41 Å². The molecular weight excluding hydrogens is 300 g/mol. The van der Waals surface area contributed by atoms with Crippen molar-refractivity contribution >= 4 is 5.91 Å². The normalized spacial score (nSPS) is 27.5. The van der Waals surface area contributed by atoms with E-state index in [-0.39, 0.29) is 11.3 Å². The predicted molar refractivity (Wildman–Crippen MR) is 92.4 cm³/mol. The third-order valence-corrected chi connectivity index (χ3v) is 5.76. The lowest BCUT2D eigenvalue weighted by Gasteiger charge is -2.28. The monoisotopic (exact) mass is 324 g/mol. The molecule has 2 atom stereocenters. The van der Waals surface area contributed by atoms with Gasteiger partial charge in [0.15, 0.2) is 0 Å². The third-order valence-electron chi connectivity index (χ3n) is 5.76. The van der Waals surface area contributed by atoms with Crippen molar-refractivity contribution in [2.45, 2.75) is 18.9 Å². The van der Waals surface area contributed by atoms with E-state index in [1.54, 1.807) is 0 Å². The van der Waals surface area contributed by atoms with Crippen molar-refractivity contribution in [2.24, 2.45) is 12.5 Å². The van der Waals surface area contributed by atoms with Crippen molar-refractivity contribution in [3.63, 3.8) is 0 Å². The Morgan fingerprint density at radius 3 is 2.75 bits per heavy atom. The lowest BCUT2D eigenvalue weighted by Crippen LogP contribution is -2.38. The van der Waals surface area contributed by atoms with Gasteiger partial charge in [-0.3, -0.25) is 9.69 Å². The molecule has 24 heavy (non-hydrogen) atoms. The van der Waals surface area contributed by atoms with Crippen molar-refractivity contribution in [2.75, 3.05) is 26.7 Å². The zero-order valence-electron chi connectivity index (χ0n) is 14.4. The van der Waals surface area contributed by atoms with Crippen molar-refractivity contribution < 1.29 is 4.79 Å².